The molecule has 1 aliphatic rings. The Morgan fingerprint density at radius 1 is 1.00 bits per heavy atom. The maximum Gasteiger partial charge on any atom is 0.289 e. The van der Waals surface area contributed by atoms with E-state index in [1.807, 2.05) is 18.2 Å². The lowest BCUT2D eigenvalue weighted by molar-refractivity contribution is 0.0715. The smallest absolute Gasteiger partial charge is 0.289 e. The van der Waals surface area contributed by atoms with Crippen LogP contribution in [0.1, 0.15) is 10.6 Å². The molecule has 138 valence electrons. The largest absolute Gasteiger partial charge is 0.497 e. The van der Waals surface area contributed by atoms with Crippen molar-refractivity contribution in [2.45, 2.75) is 0 Å². The number of rotatable bonds is 3. The number of hydrogen-bond acceptors (Lipinski definition) is 5. The van der Waals surface area contributed by atoms with Gasteiger partial charge in [0.05, 0.1) is 12.5 Å². The third-order valence-corrected chi connectivity index (χ3v) is 4.84. The molecule has 0 saturated carbocycles. The SMILES string of the molecule is COc1ccc2c(=O)cc(C(=O)N3CCN(c4ccccc4)CC3)oc2c1. The number of amides is 1. The van der Waals surface area contributed by atoms with Crippen molar-refractivity contribution in [2.75, 3.05) is 38.2 Å². The molecule has 2 heterocycles. The lowest BCUT2D eigenvalue weighted by Gasteiger charge is -2.35. The lowest BCUT2D eigenvalue weighted by Crippen LogP contribution is -2.48. The summed E-state index contributed by atoms with van der Waals surface area (Å²) in [5.74, 6) is 0.380. The summed E-state index contributed by atoms with van der Waals surface area (Å²) in [5.41, 5.74) is 1.27. The topological polar surface area (TPSA) is 63.0 Å². The fourth-order valence-corrected chi connectivity index (χ4v) is 3.33. The Kier molecular flexibility index (Phi) is 4.54. The van der Waals surface area contributed by atoms with E-state index in [4.69, 9.17) is 9.15 Å². The monoisotopic (exact) mass is 364 g/mol. The quantitative estimate of drug-likeness (QED) is 0.715. The van der Waals surface area contributed by atoms with Crippen molar-refractivity contribution in [2.24, 2.45) is 0 Å². The molecule has 0 radical (unpaired) electrons. The summed E-state index contributed by atoms with van der Waals surface area (Å²) in [6.07, 6.45) is 0. The molecule has 0 atom stereocenters. The van der Waals surface area contributed by atoms with Crippen molar-refractivity contribution in [1.29, 1.82) is 0 Å². The summed E-state index contributed by atoms with van der Waals surface area (Å²) in [5, 5.41) is 0.432. The molecule has 2 aromatic carbocycles. The minimum Gasteiger partial charge on any atom is -0.497 e. The number of ether oxygens (including phenoxy) is 1. The highest BCUT2D eigenvalue weighted by atomic mass is 16.5. The van der Waals surface area contributed by atoms with Gasteiger partial charge in [-0.05, 0) is 24.3 Å². The molecule has 1 fully saturated rings. The number of methoxy groups -OCH3 is 1. The van der Waals surface area contributed by atoms with E-state index in [0.717, 1.165) is 18.8 Å². The zero-order chi connectivity index (χ0) is 18.8. The number of piperazine rings is 1. The van der Waals surface area contributed by atoms with E-state index in [1.54, 1.807) is 30.2 Å². The van der Waals surface area contributed by atoms with Crippen LogP contribution in [0.15, 0.2) is 63.8 Å². The number of hydrogen-bond donors (Lipinski definition) is 0. The Labute approximate surface area is 156 Å². The van der Waals surface area contributed by atoms with E-state index in [-0.39, 0.29) is 17.1 Å². The Hall–Kier alpha value is -3.28. The zero-order valence-corrected chi connectivity index (χ0v) is 15.1. The van der Waals surface area contributed by atoms with Gasteiger partial charge in [0.25, 0.3) is 5.91 Å². The average molecular weight is 364 g/mol. The predicted octanol–water partition coefficient (Wildman–Crippen LogP) is 2.76. The van der Waals surface area contributed by atoms with Gasteiger partial charge in [0.2, 0.25) is 0 Å². The predicted molar refractivity (Wildman–Crippen MR) is 104 cm³/mol. The molecular weight excluding hydrogens is 344 g/mol. The van der Waals surface area contributed by atoms with Gasteiger partial charge < -0.3 is 19.0 Å². The molecule has 1 aliphatic heterocycles. The van der Waals surface area contributed by atoms with Crippen LogP contribution in [0.2, 0.25) is 0 Å². The first kappa shape index (κ1) is 17.1. The minimum absolute atomic E-state index is 0.0638. The number of anilines is 1. The third-order valence-electron chi connectivity index (χ3n) is 4.84. The summed E-state index contributed by atoms with van der Waals surface area (Å²) in [6, 6.07) is 16.4. The summed E-state index contributed by atoms with van der Waals surface area (Å²) >= 11 is 0. The highest BCUT2D eigenvalue weighted by Crippen LogP contribution is 2.21. The second-order valence-electron chi connectivity index (χ2n) is 6.45. The second kappa shape index (κ2) is 7.15. The number of para-hydroxylation sites is 1. The lowest BCUT2D eigenvalue weighted by atomic mass is 10.2. The molecule has 3 aromatic rings. The van der Waals surface area contributed by atoms with E-state index in [1.165, 1.54) is 6.07 Å². The Morgan fingerprint density at radius 2 is 1.74 bits per heavy atom. The van der Waals surface area contributed by atoms with Crippen molar-refractivity contribution in [3.05, 3.63) is 70.6 Å². The summed E-state index contributed by atoms with van der Waals surface area (Å²) in [7, 11) is 1.54. The highest BCUT2D eigenvalue weighted by molar-refractivity contribution is 5.93. The van der Waals surface area contributed by atoms with Crippen LogP contribution in [0, 0.1) is 0 Å². The van der Waals surface area contributed by atoms with E-state index < -0.39 is 0 Å². The van der Waals surface area contributed by atoms with Crippen molar-refractivity contribution >= 4 is 22.6 Å². The Balaban J connectivity index is 1.54. The second-order valence-corrected chi connectivity index (χ2v) is 6.45. The number of carbonyl (C=O) groups excluding carboxylic acids is 1. The maximum atomic E-state index is 12.8. The standard InChI is InChI=1S/C21H20N2O4/c1-26-16-7-8-17-18(24)14-20(27-19(17)13-16)21(25)23-11-9-22(10-12-23)15-5-3-2-4-6-15/h2-8,13-14H,9-12H2,1H3. The first-order chi connectivity index (χ1) is 13.2. The minimum atomic E-state index is -0.260. The molecule has 27 heavy (non-hydrogen) atoms. The number of fused-ring (bicyclic) bond motifs is 1. The third kappa shape index (κ3) is 3.38. The van der Waals surface area contributed by atoms with Gasteiger partial charge in [-0.3, -0.25) is 9.59 Å². The molecule has 0 bridgehead atoms. The molecule has 0 unspecified atom stereocenters. The van der Waals surface area contributed by atoms with Crippen LogP contribution in [0.3, 0.4) is 0 Å². The van der Waals surface area contributed by atoms with Gasteiger partial charge in [-0.15, -0.1) is 0 Å². The van der Waals surface area contributed by atoms with Gasteiger partial charge in [0.1, 0.15) is 11.3 Å². The fraction of sp³-hybridized carbons (Fsp3) is 0.238. The summed E-state index contributed by atoms with van der Waals surface area (Å²) in [4.78, 5) is 29.1. The van der Waals surface area contributed by atoms with Gasteiger partial charge in [-0.2, -0.15) is 0 Å². The summed E-state index contributed by atoms with van der Waals surface area (Å²) in [6.45, 7) is 2.63. The van der Waals surface area contributed by atoms with Gasteiger partial charge in [-0.1, -0.05) is 18.2 Å². The Bertz CT molecular complexity index is 1020. The van der Waals surface area contributed by atoms with E-state index in [2.05, 4.69) is 17.0 Å². The summed E-state index contributed by atoms with van der Waals surface area (Å²) < 4.78 is 10.9. The molecule has 0 N–H and O–H groups in total. The fourth-order valence-electron chi connectivity index (χ4n) is 3.33. The number of carbonyl (C=O) groups is 1. The van der Waals surface area contributed by atoms with Gasteiger partial charge in [-0.25, -0.2) is 0 Å². The first-order valence-corrected chi connectivity index (χ1v) is 8.87. The van der Waals surface area contributed by atoms with Gasteiger partial charge in [0, 0.05) is 44.0 Å². The van der Waals surface area contributed by atoms with Crippen molar-refractivity contribution in [3.8, 4) is 5.75 Å². The molecule has 1 aromatic heterocycles. The van der Waals surface area contributed by atoms with E-state index in [0.29, 0.717) is 29.8 Å². The molecule has 1 saturated heterocycles. The van der Waals surface area contributed by atoms with Crippen LogP contribution in [-0.4, -0.2) is 44.1 Å². The van der Waals surface area contributed by atoms with Gasteiger partial charge in [0.15, 0.2) is 11.2 Å². The van der Waals surface area contributed by atoms with Crippen molar-refractivity contribution < 1.29 is 13.9 Å². The Morgan fingerprint density at radius 3 is 2.44 bits per heavy atom. The van der Waals surface area contributed by atoms with Crippen LogP contribution in [-0.2, 0) is 0 Å². The number of benzene rings is 2. The normalized spacial score (nSPS) is 14.4. The van der Waals surface area contributed by atoms with E-state index in [9.17, 15) is 9.59 Å². The van der Waals surface area contributed by atoms with E-state index >= 15 is 0 Å². The van der Waals surface area contributed by atoms with Crippen LogP contribution < -0.4 is 15.1 Å². The van der Waals surface area contributed by atoms with Gasteiger partial charge >= 0.3 is 0 Å². The van der Waals surface area contributed by atoms with Crippen LogP contribution >= 0.6 is 0 Å². The molecule has 6 heteroatoms. The van der Waals surface area contributed by atoms with Crippen LogP contribution in [0.5, 0.6) is 5.75 Å². The van der Waals surface area contributed by atoms with Crippen molar-refractivity contribution in [1.82, 2.24) is 4.90 Å². The molecule has 0 aliphatic carbocycles. The highest BCUT2D eigenvalue weighted by Gasteiger charge is 2.24. The zero-order valence-electron chi connectivity index (χ0n) is 15.1. The molecule has 6 nitrogen and oxygen atoms in total. The molecule has 4 rings (SSSR count). The average Bonchev–Trinajstić information content (AvgIpc) is 2.73. The molecule has 0 spiro atoms. The maximum absolute atomic E-state index is 12.8. The molecular formula is C21H20N2O4. The van der Waals surface area contributed by atoms with Crippen molar-refractivity contribution in [3.63, 3.8) is 0 Å². The van der Waals surface area contributed by atoms with Crippen LogP contribution in [0.25, 0.3) is 11.0 Å². The van der Waals surface area contributed by atoms with Crippen LogP contribution in [0.4, 0.5) is 5.69 Å². The molecule has 1 amide bonds. The number of nitrogens with zero attached hydrogens (tertiary/aromatic N) is 2. The first-order valence-electron chi connectivity index (χ1n) is 8.87.